The average Bonchev–Trinajstić information content (AvgIpc) is 2.27. The van der Waals surface area contributed by atoms with Gasteiger partial charge in [0.05, 0.1) is 6.10 Å². The van der Waals surface area contributed by atoms with E-state index >= 15 is 0 Å². The van der Waals surface area contributed by atoms with Crippen molar-refractivity contribution >= 4 is 18.3 Å². The molecule has 0 spiro atoms. The highest BCUT2D eigenvalue weighted by molar-refractivity contribution is 5.85. The molecule has 0 aromatic carbocycles. The molecule has 1 rings (SSSR count). The van der Waals surface area contributed by atoms with Crippen LogP contribution in [0.15, 0.2) is 0 Å². The molecule has 1 atom stereocenters. The van der Waals surface area contributed by atoms with E-state index in [2.05, 4.69) is 10.6 Å². The number of halogens is 1. The molecule has 1 aliphatic heterocycles. The zero-order valence-corrected chi connectivity index (χ0v) is 11.4. The highest BCUT2D eigenvalue weighted by Crippen LogP contribution is 2.17. The predicted octanol–water partition coefficient (Wildman–Crippen LogP) is 1.08. The molecule has 4 nitrogen and oxygen atoms in total. The van der Waals surface area contributed by atoms with E-state index in [1.165, 1.54) is 12.8 Å². The van der Waals surface area contributed by atoms with Crippen LogP contribution in [0.5, 0.6) is 0 Å². The molecule has 1 heterocycles. The molecule has 0 radical (unpaired) electrons. The number of nitrogens with one attached hydrogen (secondary N) is 2. The topological polar surface area (TPSA) is 61.4 Å². The predicted molar refractivity (Wildman–Crippen MR) is 71.4 cm³/mol. The van der Waals surface area contributed by atoms with Gasteiger partial charge in [0.2, 0.25) is 5.91 Å². The van der Waals surface area contributed by atoms with E-state index in [-0.39, 0.29) is 24.4 Å². The molecule has 0 bridgehead atoms. The van der Waals surface area contributed by atoms with Crippen LogP contribution < -0.4 is 10.6 Å². The zero-order chi connectivity index (χ0) is 11.8. The van der Waals surface area contributed by atoms with E-state index in [1.54, 1.807) is 6.92 Å². The molecule has 1 unspecified atom stereocenters. The number of carbonyl (C=O) groups is 1. The lowest BCUT2D eigenvalue weighted by Crippen LogP contribution is -2.30. The number of piperidine rings is 1. The molecule has 0 aromatic heterocycles. The van der Waals surface area contributed by atoms with Crippen LogP contribution in [-0.4, -0.2) is 36.8 Å². The first-order valence-corrected chi connectivity index (χ1v) is 6.34. The minimum atomic E-state index is -0.329. The molecule has 102 valence electrons. The van der Waals surface area contributed by atoms with Crippen LogP contribution in [0, 0.1) is 5.92 Å². The van der Waals surface area contributed by atoms with Crippen LogP contribution in [0.25, 0.3) is 0 Å². The second kappa shape index (κ2) is 9.68. The normalized spacial score (nSPS) is 18.2. The molecule has 0 aromatic rings. The molecule has 5 heteroatoms. The molecule has 0 saturated carbocycles. The Kier molecular flexibility index (Phi) is 9.50. The number of aliphatic hydroxyl groups is 1. The van der Waals surface area contributed by atoms with E-state index < -0.39 is 0 Å². The van der Waals surface area contributed by atoms with Gasteiger partial charge in [0, 0.05) is 13.0 Å². The first-order valence-electron chi connectivity index (χ1n) is 6.34. The molecule has 17 heavy (non-hydrogen) atoms. The summed E-state index contributed by atoms with van der Waals surface area (Å²) < 4.78 is 0. The lowest BCUT2D eigenvalue weighted by molar-refractivity contribution is -0.121. The molecule has 1 amide bonds. The highest BCUT2D eigenvalue weighted by atomic mass is 35.5. The van der Waals surface area contributed by atoms with Crippen molar-refractivity contribution in [2.75, 3.05) is 19.6 Å². The van der Waals surface area contributed by atoms with Crippen molar-refractivity contribution in [1.82, 2.24) is 10.6 Å². The van der Waals surface area contributed by atoms with Crippen molar-refractivity contribution in [1.29, 1.82) is 0 Å². The van der Waals surface area contributed by atoms with Gasteiger partial charge in [-0.15, -0.1) is 12.4 Å². The van der Waals surface area contributed by atoms with Gasteiger partial charge < -0.3 is 15.7 Å². The van der Waals surface area contributed by atoms with Crippen LogP contribution in [0.2, 0.25) is 0 Å². The molecule has 1 aliphatic rings. The summed E-state index contributed by atoms with van der Waals surface area (Å²) >= 11 is 0. The maximum atomic E-state index is 11.5. The van der Waals surface area contributed by atoms with Crippen molar-refractivity contribution in [3.63, 3.8) is 0 Å². The zero-order valence-electron chi connectivity index (χ0n) is 10.6. The van der Waals surface area contributed by atoms with Gasteiger partial charge in [-0.2, -0.15) is 0 Å². The number of hydrogen-bond donors (Lipinski definition) is 3. The Labute approximate surface area is 110 Å². The fourth-order valence-electron chi connectivity index (χ4n) is 2.01. The second-order valence-electron chi connectivity index (χ2n) is 4.72. The quantitative estimate of drug-likeness (QED) is 0.673. The minimum absolute atomic E-state index is 0. The van der Waals surface area contributed by atoms with Crippen LogP contribution in [-0.2, 0) is 4.79 Å². The van der Waals surface area contributed by atoms with E-state index in [9.17, 15) is 4.79 Å². The second-order valence-corrected chi connectivity index (χ2v) is 4.72. The SMILES string of the molecule is CC(O)CCNC(=O)CCC1CCNCC1.Cl. The van der Waals surface area contributed by atoms with E-state index in [0.717, 1.165) is 19.5 Å². The molecule has 1 fully saturated rings. The molecule has 0 aliphatic carbocycles. The van der Waals surface area contributed by atoms with Gasteiger partial charge in [-0.25, -0.2) is 0 Å². The largest absolute Gasteiger partial charge is 0.393 e. The van der Waals surface area contributed by atoms with Gasteiger partial charge in [-0.1, -0.05) is 0 Å². The van der Waals surface area contributed by atoms with Crippen molar-refractivity contribution in [3.8, 4) is 0 Å². The van der Waals surface area contributed by atoms with Crippen LogP contribution >= 0.6 is 12.4 Å². The maximum absolute atomic E-state index is 11.5. The van der Waals surface area contributed by atoms with Gasteiger partial charge in [0.15, 0.2) is 0 Å². The maximum Gasteiger partial charge on any atom is 0.220 e. The van der Waals surface area contributed by atoms with Crippen LogP contribution in [0.1, 0.15) is 39.0 Å². The van der Waals surface area contributed by atoms with E-state index in [4.69, 9.17) is 5.11 Å². The summed E-state index contributed by atoms with van der Waals surface area (Å²) in [5, 5.41) is 15.2. The number of aliphatic hydroxyl groups excluding tert-OH is 1. The van der Waals surface area contributed by atoms with Crippen molar-refractivity contribution in [2.45, 2.75) is 45.1 Å². The van der Waals surface area contributed by atoms with Gasteiger partial charge in [-0.05, 0) is 51.6 Å². The Morgan fingerprint density at radius 2 is 2.12 bits per heavy atom. The number of carbonyl (C=O) groups excluding carboxylic acids is 1. The first-order chi connectivity index (χ1) is 7.68. The summed E-state index contributed by atoms with van der Waals surface area (Å²) in [5.41, 5.74) is 0. The van der Waals surface area contributed by atoms with Crippen molar-refractivity contribution in [2.24, 2.45) is 5.92 Å². The smallest absolute Gasteiger partial charge is 0.220 e. The van der Waals surface area contributed by atoms with Gasteiger partial charge in [0.1, 0.15) is 0 Å². The van der Waals surface area contributed by atoms with Gasteiger partial charge >= 0.3 is 0 Å². The molecular weight excluding hydrogens is 240 g/mol. The Balaban J connectivity index is 0.00000256. The fourth-order valence-corrected chi connectivity index (χ4v) is 2.01. The third kappa shape index (κ3) is 8.41. The lowest BCUT2D eigenvalue weighted by Gasteiger charge is -2.22. The Bertz CT molecular complexity index is 207. The average molecular weight is 265 g/mol. The summed E-state index contributed by atoms with van der Waals surface area (Å²) in [5.74, 6) is 0.836. The standard InChI is InChI=1S/C12H24N2O2.ClH/c1-10(15)4-9-14-12(16)3-2-11-5-7-13-8-6-11;/h10-11,13,15H,2-9H2,1H3,(H,14,16);1H. The molecule has 3 N–H and O–H groups in total. The summed E-state index contributed by atoms with van der Waals surface area (Å²) in [7, 11) is 0. The Morgan fingerprint density at radius 3 is 2.71 bits per heavy atom. The summed E-state index contributed by atoms with van der Waals surface area (Å²) in [4.78, 5) is 11.5. The van der Waals surface area contributed by atoms with Crippen molar-refractivity contribution in [3.05, 3.63) is 0 Å². The third-order valence-electron chi connectivity index (χ3n) is 3.12. The molecular formula is C12H25ClN2O2. The first kappa shape index (κ1) is 16.7. The number of rotatable bonds is 6. The summed E-state index contributed by atoms with van der Waals surface area (Å²) in [6.07, 6.45) is 4.33. The third-order valence-corrected chi connectivity index (χ3v) is 3.12. The van der Waals surface area contributed by atoms with E-state index in [1.807, 2.05) is 0 Å². The Hall–Kier alpha value is -0.320. The lowest BCUT2D eigenvalue weighted by atomic mass is 9.93. The van der Waals surface area contributed by atoms with Crippen LogP contribution in [0.3, 0.4) is 0 Å². The minimum Gasteiger partial charge on any atom is -0.393 e. The summed E-state index contributed by atoms with van der Waals surface area (Å²) in [6, 6.07) is 0. The fraction of sp³-hybridized carbons (Fsp3) is 0.917. The monoisotopic (exact) mass is 264 g/mol. The number of amides is 1. The van der Waals surface area contributed by atoms with E-state index in [0.29, 0.717) is 25.3 Å². The van der Waals surface area contributed by atoms with Crippen molar-refractivity contribution < 1.29 is 9.90 Å². The highest BCUT2D eigenvalue weighted by Gasteiger charge is 2.14. The van der Waals surface area contributed by atoms with Gasteiger partial charge in [-0.3, -0.25) is 4.79 Å². The number of hydrogen-bond acceptors (Lipinski definition) is 3. The van der Waals surface area contributed by atoms with Gasteiger partial charge in [0.25, 0.3) is 0 Å². The molecule has 1 saturated heterocycles. The van der Waals surface area contributed by atoms with Crippen LogP contribution in [0.4, 0.5) is 0 Å². The summed E-state index contributed by atoms with van der Waals surface area (Å²) in [6.45, 7) is 4.51. The Morgan fingerprint density at radius 1 is 1.47 bits per heavy atom.